The molecule has 2 rings (SSSR count). The number of rotatable bonds is 2. The van der Waals surface area contributed by atoms with Crippen LogP contribution < -0.4 is 5.73 Å². The average Bonchev–Trinajstić information content (AvgIpc) is 2.25. The van der Waals surface area contributed by atoms with Crippen LogP contribution in [0, 0.1) is 5.82 Å². The molecule has 1 aromatic heterocycles. The minimum atomic E-state index is -0.242. The predicted octanol–water partition coefficient (Wildman–Crippen LogP) is 3.72. The molecule has 2 aromatic rings. The zero-order chi connectivity index (χ0) is 11.5. The van der Waals surface area contributed by atoms with E-state index in [-0.39, 0.29) is 5.82 Å². The monoisotopic (exact) mass is 298 g/mol. The Labute approximate surface area is 105 Å². The summed E-state index contributed by atoms with van der Waals surface area (Å²) in [5.74, 6) is -0.242. The number of aromatic nitrogens is 1. The van der Waals surface area contributed by atoms with Gasteiger partial charge in [0.05, 0.1) is 16.4 Å². The van der Waals surface area contributed by atoms with Gasteiger partial charge in [-0.3, -0.25) is 0 Å². The summed E-state index contributed by atoms with van der Waals surface area (Å²) in [6.45, 7) is 0. The lowest BCUT2D eigenvalue weighted by molar-refractivity contribution is 0.626. The molecule has 0 unspecified atom stereocenters. The van der Waals surface area contributed by atoms with E-state index in [0.717, 1.165) is 14.4 Å². The number of benzene rings is 1. The van der Waals surface area contributed by atoms with Gasteiger partial charge in [-0.05, 0) is 46.3 Å². The standard InChI is InChI=1S/C11H8BrFN2S/c12-10-5-8(14)6-15-11(10)16-9-3-1-7(13)2-4-9/h1-6H,14H2. The highest BCUT2D eigenvalue weighted by Crippen LogP contribution is 2.32. The van der Waals surface area contributed by atoms with Gasteiger partial charge >= 0.3 is 0 Å². The fourth-order valence-corrected chi connectivity index (χ4v) is 2.50. The summed E-state index contributed by atoms with van der Waals surface area (Å²) in [7, 11) is 0. The Morgan fingerprint density at radius 2 is 1.94 bits per heavy atom. The Hall–Kier alpha value is -1.07. The highest BCUT2D eigenvalue weighted by Gasteiger charge is 2.04. The highest BCUT2D eigenvalue weighted by atomic mass is 79.9. The zero-order valence-electron chi connectivity index (χ0n) is 8.15. The van der Waals surface area contributed by atoms with E-state index in [0.29, 0.717) is 5.69 Å². The van der Waals surface area contributed by atoms with Gasteiger partial charge in [0.25, 0.3) is 0 Å². The van der Waals surface area contributed by atoms with E-state index < -0.39 is 0 Å². The maximum Gasteiger partial charge on any atom is 0.123 e. The van der Waals surface area contributed by atoms with E-state index in [1.165, 1.54) is 23.9 Å². The fourth-order valence-electron chi connectivity index (χ4n) is 1.13. The quantitative estimate of drug-likeness (QED) is 0.918. The Morgan fingerprint density at radius 3 is 2.56 bits per heavy atom. The highest BCUT2D eigenvalue weighted by molar-refractivity contribution is 9.10. The van der Waals surface area contributed by atoms with Crippen molar-refractivity contribution in [3.8, 4) is 0 Å². The first-order chi connectivity index (χ1) is 7.65. The topological polar surface area (TPSA) is 38.9 Å². The third-order valence-electron chi connectivity index (χ3n) is 1.86. The average molecular weight is 299 g/mol. The van der Waals surface area contributed by atoms with Crippen molar-refractivity contribution in [3.63, 3.8) is 0 Å². The summed E-state index contributed by atoms with van der Waals surface area (Å²) < 4.78 is 13.5. The molecular weight excluding hydrogens is 291 g/mol. The van der Waals surface area contributed by atoms with Gasteiger partial charge in [0.1, 0.15) is 10.8 Å². The molecule has 1 aromatic carbocycles. The van der Waals surface area contributed by atoms with Crippen LogP contribution in [-0.4, -0.2) is 4.98 Å². The largest absolute Gasteiger partial charge is 0.397 e. The minimum absolute atomic E-state index is 0.242. The van der Waals surface area contributed by atoms with Gasteiger partial charge in [-0.2, -0.15) is 0 Å². The molecule has 5 heteroatoms. The molecule has 0 bridgehead atoms. The van der Waals surface area contributed by atoms with Crippen molar-refractivity contribution < 1.29 is 4.39 Å². The SMILES string of the molecule is Nc1cnc(Sc2ccc(F)cc2)c(Br)c1. The smallest absolute Gasteiger partial charge is 0.123 e. The van der Waals surface area contributed by atoms with Crippen molar-refractivity contribution in [3.05, 3.63) is 46.8 Å². The molecule has 0 aliphatic carbocycles. The molecule has 0 fully saturated rings. The first-order valence-corrected chi connectivity index (χ1v) is 6.10. The van der Waals surface area contributed by atoms with Crippen LogP contribution in [0.3, 0.4) is 0 Å². The molecule has 0 amide bonds. The molecule has 0 aliphatic heterocycles. The molecule has 0 spiro atoms. The molecule has 0 saturated carbocycles. The van der Waals surface area contributed by atoms with Crippen molar-refractivity contribution >= 4 is 33.4 Å². The molecule has 0 aliphatic rings. The third-order valence-corrected chi connectivity index (χ3v) is 3.75. The summed E-state index contributed by atoms with van der Waals surface area (Å²) in [6.07, 6.45) is 1.59. The first kappa shape index (κ1) is 11.4. The van der Waals surface area contributed by atoms with E-state index in [1.807, 2.05) is 0 Å². The maximum atomic E-state index is 12.7. The lowest BCUT2D eigenvalue weighted by Crippen LogP contribution is -1.88. The summed E-state index contributed by atoms with van der Waals surface area (Å²) >= 11 is 4.83. The Bertz CT molecular complexity index is 502. The first-order valence-electron chi connectivity index (χ1n) is 4.49. The lowest BCUT2D eigenvalue weighted by Gasteiger charge is -2.03. The normalized spacial score (nSPS) is 10.4. The van der Waals surface area contributed by atoms with Crippen LogP contribution in [0.15, 0.2) is 50.9 Å². The van der Waals surface area contributed by atoms with Crippen molar-refractivity contribution in [2.24, 2.45) is 0 Å². The molecule has 0 saturated heterocycles. The number of hydrogen-bond donors (Lipinski definition) is 1. The van der Waals surface area contributed by atoms with E-state index in [2.05, 4.69) is 20.9 Å². The summed E-state index contributed by atoms with van der Waals surface area (Å²) in [5.41, 5.74) is 6.20. The molecule has 2 N–H and O–H groups in total. The Balaban J connectivity index is 2.23. The molecule has 2 nitrogen and oxygen atoms in total. The van der Waals surface area contributed by atoms with Gasteiger partial charge in [-0.15, -0.1) is 0 Å². The molecule has 0 atom stereocenters. The second-order valence-corrected chi connectivity index (χ2v) is 5.03. The second kappa shape index (κ2) is 4.84. The summed E-state index contributed by atoms with van der Waals surface area (Å²) in [5, 5.41) is 0.806. The number of nitrogens with zero attached hydrogens (tertiary/aromatic N) is 1. The number of hydrogen-bond acceptors (Lipinski definition) is 3. The number of nitrogen functional groups attached to an aromatic ring is 1. The van der Waals surface area contributed by atoms with Crippen LogP contribution in [0.1, 0.15) is 0 Å². The minimum Gasteiger partial charge on any atom is -0.397 e. The van der Waals surface area contributed by atoms with E-state index >= 15 is 0 Å². The Morgan fingerprint density at radius 1 is 1.25 bits per heavy atom. The van der Waals surface area contributed by atoms with Crippen molar-refractivity contribution in [2.45, 2.75) is 9.92 Å². The summed E-state index contributed by atoms with van der Waals surface area (Å²) in [6, 6.07) is 8.06. The van der Waals surface area contributed by atoms with Gasteiger partial charge in [-0.25, -0.2) is 9.37 Å². The van der Waals surface area contributed by atoms with Gasteiger partial charge in [0, 0.05) is 4.90 Å². The number of nitrogens with two attached hydrogens (primary N) is 1. The van der Waals surface area contributed by atoms with Crippen LogP contribution in [0.25, 0.3) is 0 Å². The van der Waals surface area contributed by atoms with Gasteiger partial charge < -0.3 is 5.73 Å². The predicted molar refractivity (Wildman–Crippen MR) is 66.9 cm³/mol. The zero-order valence-corrected chi connectivity index (χ0v) is 10.6. The number of pyridine rings is 1. The second-order valence-electron chi connectivity index (χ2n) is 3.11. The van der Waals surface area contributed by atoms with Crippen molar-refractivity contribution in [1.82, 2.24) is 4.98 Å². The van der Waals surface area contributed by atoms with E-state index in [1.54, 1.807) is 24.4 Å². The maximum absolute atomic E-state index is 12.7. The van der Waals surface area contributed by atoms with E-state index in [4.69, 9.17) is 5.73 Å². The fraction of sp³-hybridized carbons (Fsp3) is 0. The lowest BCUT2D eigenvalue weighted by atomic mass is 10.4. The number of anilines is 1. The number of halogens is 2. The van der Waals surface area contributed by atoms with Crippen molar-refractivity contribution in [2.75, 3.05) is 5.73 Å². The Kier molecular flexibility index (Phi) is 3.46. The van der Waals surface area contributed by atoms with Crippen LogP contribution >= 0.6 is 27.7 Å². The summed E-state index contributed by atoms with van der Waals surface area (Å²) in [4.78, 5) is 5.12. The molecule has 0 radical (unpaired) electrons. The van der Waals surface area contributed by atoms with Crippen LogP contribution in [0.5, 0.6) is 0 Å². The molecule has 1 heterocycles. The van der Waals surface area contributed by atoms with Gasteiger partial charge in [-0.1, -0.05) is 11.8 Å². The third kappa shape index (κ3) is 2.74. The van der Waals surface area contributed by atoms with Crippen LogP contribution in [0.4, 0.5) is 10.1 Å². The van der Waals surface area contributed by atoms with E-state index in [9.17, 15) is 4.39 Å². The van der Waals surface area contributed by atoms with Gasteiger partial charge in [0.2, 0.25) is 0 Å². The van der Waals surface area contributed by atoms with Crippen LogP contribution in [0.2, 0.25) is 0 Å². The molecule has 16 heavy (non-hydrogen) atoms. The van der Waals surface area contributed by atoms with Crippen LogP contribution in [-0.2, 0) is 0 Å². The molecule has 82 valence electrons. The van der Waals surface area contributed by atoms with Gasteiger partial charge in [0.15, 0.2) is 0 Å². The van der Waals surface area contributed by atoms with Crippen molar-refractivity contribution in [1.29, 1.82) is 0 Å². The molecular formula is C11H8BrFN2S.